The molecule has 0 aromatic heterocycles. The van der Waals surface area contributed by atoms with Crippen molar-refractivity contribution in [2.75, 3.05) is 39.6 Å². The second-order valence-corrected chi connectivity index (χ2v) is 32.2. The number of phosphoric acid groups is 2. The number of ether oxygens (including phenoxy) is 3. The smallest absolute Gasteiger partial charge is 0.463 e. The van der Waals surface area contributed by atoms with E-state index in [-0.39, 0.29) is 19.3 Å². The summed E-state index contributed by atoms with van der Waals surface area (Å²) in [7, 11) is -9.82. The maximum atomic E-state index is 13.1. The third-order valence-corrected chi connectivity index (χ3v) is 20.2. The third kappa shape index (κ3) is 89.0. The van der Waals surface area contributed by atoms with Gasteiger partial charge >= 0.3 is 33.6 Å². The van der Waals surface area contributed by atoms with Crippen molar-refractivity contribution in [3.05, 3.63) is 194 Å². The van der Waals surface area contributed by atoms with Crippen molar-refractivity contribution in [2.24, 2.45) is 0 Å². The number of aliphatic hydroxyl groups is 2. The van der Waals surface area contributed by atoms with Crippen LogP contribution < -0.4 is 0 Å². The van der Waals surface area contributed by atoms with Gasteiger partial charge in [0.05, 0.1) is 26.4 Å². The molecule has 0 amide bonds. The average molecular weight is 1640 g/mol. The molecule has 0 aromatic carbocycles. The first-order valence-corrected chi connectivity index (χ1v) is 47.7. The first-order chi connectivity index (χ1) is 56.2. The molecule has 0 rings (SSSR count). The summed E-state index contributed by atoms with van der Waals surface area (Å²) in [5.74, 6) is -1.60. The van der Waals surface area contributed by atoms with E-state index >= 15 is 0 Å². The summed E-state index contributed by atoms with van der Waals surface area (Å²) in [5.41, 5.74) is 0. The fourth-order valence-corrected chi connectivity index (χ4v) is 13.2. The number of carbonyl (C=O) groups is 3. The Bertz CT molecular complexity index is 2870. The summed E-state index contributed by atoms with van der Waals surface area (Å²) in [6, 6.07) is 0. The van der Waals surface area contributed by atoms with Gasteiger partial charge in [0.2, 0.25) is 0 Å². The Morgan fingerprint density at radius 3 is 0.687 bits per heavy atom. The van der Waals surface area contributed by atoms with E-state index < -0.39 is 91.5 Å². The highest BCUT2D eigenvalue weighted by Gasteiger charge is 2.29. The molecule has 4 N–H and O–H groups in total. The van der Waals surface area contributed by atoms with Crippen molar-refractivity contribution in [2.45, 2.75) is 360 Å². The standard InChI is InChI=1S/C97H160O16P2/c1-4-7-10-13-16-19-22-25-28-31-34-37-40-42-43-44-45-46-47-49-52-53-56-59-62-65-68-71-74-77-80-83-95(100)107-86-92(98)87-109-114(103,104)110-88-93(99)89-111-115(105,106)112-91-94(113-97(102)85-82-79-76-73-70-67-64-61-58-55-50-39-36-33-30-27-24-21-18-15-12-9-6-3)90-108-96(101)84-81-78-75-72-69-66-63-60-57-54-51-48-41-38-35-32-29-26-23-20-17-14-11-8-5-2/h7-12,16-21,25-30,34-39,42-43,45-46,48,51,55,58,92-94,98-99H,4-6,13-15,22-24,31-33,40-41,44,47,49-50,52-54,56-57,59-91H2,1-3H3,(H,103,104)(H,105,106)/b10-7-,11-8-,12-9-,19-16-,20-17-,21-18-,28-25-,29-26-,30-27-,37-34-,38-35-,39-36-,43-42-,46-45-,51-48-,58-55-. The van der Waals surface area contributed by atoms with Gasteiger partial charge in [-0.05, 0) is 161 Å². The molecule has 0 radical (unpaired) electrons. The van der Waals surface area contributed by atoms with Crippen molar-refractivity contribution < 1.29 is 75.8 Å². The lowest BCUT2D eigenvalue weighted by Gasteiger charge is -2.21. The van der Waals surface area contributed by atoms with Gasteiger partial charge in [-0.15, -0.1) is 0 Å². The van der Waals surface area contributed by atoms with Crippen LogP contribution in [0, 0.1) is 0 Å². The number of carbonyl (C=O) groups excluding carboxylic acids is 3. The van der Waals surface area contributed by atoms with Gasteiger partial charge in [0.1, 0.15) is 25.4 Å². The lowest BCUT2D eigenvalue weighted by atomic mass is 10.0. The number of rotatable bonds is 83. The SMILES string of the molecule is CC/C=C\C/C=C\C/C=C\C/C=C\C/C=C\C/C=C\CCCCCCCCCCCCCCC(=O)OCC(O)COP(=O)(O)OCC(O)COP(=O)(O)OCC(COC(=O)CCCCCCCCCCC/C=C\C/C=C\C/C=C\C/C=C\C/C=C\CC)OC(=O)CCCCCCCCC/C=C\C/C=C\C/C=C\C/C=C\C/C=C\CC. The van der Waals surface area contributed by atoms with E-state index in [0.717, 1.165) is 205 Å². The lowest BCUT2D eigenvalue weighted by Crippen LogP contribution is -2.30. The molecule has 0 aliphatic carbocycles. The van der Waals surface area contributed by atoms with Gasteiger partial charge in [0, 0.05) is 19.3 Å². The minimum atomic E-state index is -4.95. The second kappa shape index (κ2) is 87.7. The average Bonchev–Trinajstić information content (AvgIpc) is 0.903. The van der Waals surface area contributed by atoms with Crippen molar-refractivity contribution in [1.29, 1.82) is 0 Å². The van der Waals surface area contributed by atoms with E-state index in [1.165, 1.54) is 77.0 Å². The van der Waals surface area contributed by atoms with E-state index in [0.29, 0.717) is 19.3 Å². The Hall–Kier alpha value is -5.61. The molecule has 0 aliphatic rings. The molecule has 654 valence electrons. The number of phosphoric ester groups is 2. The molecule has 0 spiro atoms. The van der Waals surface area contributed by atoms with Crippen LogP contribution in [0.4, 0.5) is 0 Å². The highest BCUT2D eigenvalue weighted by molar-refractivity contribution is 7.47. The molecule has 18 heteroatoms. The van der Waals surface area contributed by atoms with Crippen LogP contribution in [0.1, 0.15) is 342 Å². The molecule has 0 saturated carbocycles. The van der Waals surface area contributed by atoms with Crippen LogP contribution in [-0.2, 0) is 55.8 Å². The summed E-state index contributed by atoms with van der Waals surface area (Å²) < 4.78 is 61.4. The second-order valence-electron chi connectivity index (χ2n) is 29.3. The fraction of sp³-hybridized carbons (Fsp3) is 0.639. The van der Waals surface area contributed by atoms with Crippen LogP contribution in [-0.4, -0.2) is 95.9 Å². The van der Waals surface area contributed by atoms with E-state index in [4.69, 9.17) is 32.3 Å². The molecule has 0 aromatic rings. The number of allylic oxidation sites excluding steroid dienone is 32. The quantitative estimate of drug-likeness (QED) is 0.0146. The van der Waals surface area contributed by atoms with Crippen LogP contribution in [0.2, 0.25) is 0 Å². The molecule has 115 heavy (non-hydrogen) atoms. The normalized spacial score (nSPS) is 14.7. The van der Waals surface area contributed by atoms with E-state index in [1.807, 2.05) is 0 Å². The minimum absolute atomic E-state index is 0.0835. The Labute approximate surface area is 699 Å². The third-order valence-electron chi connectivity index (χ3n) is 18.3. The van der Waals surface area contributed by atoms with Gasteiger partial charge in [-0.1, -0.05) is 356 Å². The summed E-state index contributed by atoms with van der Waals surface area (Å²) >= 11 is 0. The molecule has 0 saturated heterocycles. The first kappa shape index (κ1) is 109. The summed E-state index contributed by atoms with van der Waals surface area (Å²) in [6.45, 7) is 2.34. The number of hydrogen-bond acceptors (Lipinski definition) is 14. The zero-order chi connectivity index (χ0) is 83.6. The van der Waals surface area contributed by atoms with Crippen molar-refractivity contribution >= 4 is 33.6 Å². The number of unbranched alkanes of at least 4 members (excludes halogenated alkanes) is 28. The van der Waals surface area contributed by atoms with E-state index in [2.05, 4.69) is 215 Å². The van der Waals surface area contributed by atoms with Crippen LogP contribution in [0.25, 0.3) is 0 Å². The van der Waals surface area contributed by atoms with E-state index in [9.17, 15) is 43.5 Å². The van der Waals surface area contributed by atoms with Crippen molar-refractivity contribution in [3.63, 3.8) is 0 Å². The molecule has 16 nitrogen and oxygen atoms in total. The predicted molar refractivity (Wildman–Crippen MR) is 481 cm³/mol. The zero-order valence-corrected chi connectivity index (χ0v) is 73.7. The maximum absolute atomic E-state index is 13.1. The van der Waals surface area contributed by atoms with Gasteiger partial charge in [-0.3, -0.25) is 32.5 Å². The molecule has 5 atom stereocenters. The largest absolute Gasteiger partial charge is 0.472 e. The first-order valence-electron chi connectivity index (χ1n) is 44.7. The molecular weight excluding hydrogens is 1480 g/mol. The lowest BCUT2D eigenvalue weighted by molar-refractivity contribution is -0.161. The monoisotopic (exact) mass is 1640 g/mol. The molecular formula is C97H160O16P2. The van der Waals surface area contributed by atoms with Gasteiger partial charge in [0.15, 0.2) is 6.10 Å². The molecule has 0 heterocycles. The van der Waals surface area contributed by atoms with Crippen molar-refractivity contribution in [1.82, 2.24) is 0 Å². The number of esters is 3. The summed E-state index contributed by atoms with van der Waals surface area (Å²) in [5, 5.41) is 20.7. The molecule has 0 bridgehead atoms. The van der Waals surface area contributed by atoms with Crippen LogP contribution in [0.5, 0.6) is 0 Å². The topological polar surface area (TPSA) is 231 Å². The Morgan fingerprint density at radius 2 is 0.435 bits per heavy atom. The molecule has 0 aliphatic heterocycles. The number of aliphatic hydroxyl groups excluding tert-OH is 2. The Morgan fingerprint density at radius 1 is 0.243 bits per heavy atom. The summed E-state index contributed by atoms with van der Waals surface area (Å²) in [6.07, 6.45) is 116. The molecule has 5 unspecified atom stereocenters. The highest BCUT2D eigenvalue weighted by atomic mass is 31.2. The Balaban J connectivity index is 4.65. The highest BCUT2D eigenvalue weighted by Crippen LogP contribution is 2.45. The zero-order valence-electron chi connectivity index (χ0n) is 71.9. The number of hydrogen-bond donors (Lipinski definition) is 4. The van der Waals surface area contributed by atoms with Crippen molar-refractivity contribution in [3.8, 4) is 0 Å². The maximum Gasteiger partial charge on any atom is 0.472 e. The van der Waals surface area contributed by atoms with Crippen LogP contribution in [0.15, 0.2) is 194 Å². The summed E-state index contributed by atoms with van der Waals surface area (Å²) in [4.78, 5) is 59.0. The van der Waals surface area contributed by atoms with Gasteiger partial charge < -0.3 is 34.2 Å². The predicted octanol–water partition coefficient (Wildman–Crippen LogP) is 27.4. The minimum Gasteiger partial charge on any atom is -0.463 e. The van der Waals surface area contributed by atoms with Gasteiger partial charge in [-0.25, -0.2) is 9.13 Å². The molecule has 0 fully saturated rings. The van der Waals surface area contributed by atoms with Crippen LogP contribution >= 0.6 is 15.6 Å². The van der Waals surface area contributed by atoms with E-state index in [1.54, 1.807) is 0 Å². The van der Waals surface area contributed by atoms with Crippen LogP contribution in [0.3, 0.4) is 0 Å². The fourth-order valence-electron chi connectivity index (χ4n) is 11.6. The van der Waals surface area contributed by atoms with Gasteiger partial charge in [0.25, 0.3) is 0 Å². The Kier molecular flexibility index (Phi) is 83.4. The van der Waals surface area contributed by atoms with Gasteiger partial charge in [-0.2, -0.15) is 0 Å².